The molecule has 0 radical (unpaired) electrons. The molecule has 2 aliphatic heterocycles. The highest BCUT2D eigenvalue weighted by Crippen LogP contribution is 2.29. The lowest BCUT2D eigenvalue weighted by atomic mass is 9.86. The fourth-order valence-corrected chi connectivity index (χ4v) is 3.55. The van der Waals surface area contributed by atoms with E-state index in [1.165, 1.54) is 18.4 Å². The quantitative estimate of drug-likeness (QED) is 0.918. The topological polar surface area (TPSA) is 32.7 Å². The Bertz CT molecular complexity index is 403. The van der Waals surface area contributed by atoms with E-state index in [-0.39, 0.29) is 6.10 Å². The van der Waals surface area contributed by atoms with Gasteiger partial charge in [0.2, 0.25) is 0 Å². The number of aliphatic hydroxyl groups is 1. The molecular formula is C17H25NO2. The van der Waals surface area contributed by atoms with Gasteiger partial charge >= 0.3 is 0 Å². The van der Waals surface area contributed by atoms with Gasteiger partial charge in [-0.25, -0.2) is 0 Å². The van der Waals surface area contributed by atoms with E-state index in [1.807, 2.05) is 6.07 Å². The third-order valence-electron chi connectivity index (χ3n) is 4.75. The predicted octanol–water partition coefficient (Wildman–Crippen LogP) is 2.26. The molecular weight excluding hydrogens is 250 g/mol. The Kier molecular flexibility index (Phi) is 4.71. The smallest absolute Gasteiger partial charge is 0.0735 e. The lowest BCUT2D eigenvalue weighted by Gasteiger charge is -2.38. The van der Waals surface area contributed by atoms with Gasteiger partial charge in [0.05, 0.1) is 6.10 Å². The van der Waals surface area contributed by atoms with Crippen molar-refractivity contribution in [3.8, 4) is 0 Å². The van der Waals surface area contributed by atoms with E-state index >= 15 is 0 Å². The van der Waals surface area contributed by atoms with Crippen molar-refractivity contribution in [3.63, 3.8) is 0 Å². The first-order valence-electron chi connectivity index (χ1n) is 7.86. The van der Waals surface area contributed by atoms with Gasteiger partial charge in [-0.3, -0.25) is 0 Å². The molecule has 0 aliphatic carbocycles. The van der Waals surface area contributed by atoms with Gasteiger partial charge in [0.15, 0.2) is 0 Å². The Labute approximate surface area is 121 Å². The van der Waals surface area contributed by atoms with Crippen LogP contribution in [-0.4, -0.2) is 49.0 Å². The summed E-state index contributed by atoms with van der Waals surface area (Å²) in [6.07, 6.45) is 3.18. The summed E-state index contributed by atoms with van der Waals surface area (Å²) in [5.74, 6) is 1.06. The maximum absolute atomic E-state index is 10.5. The molecule has 0 spiro atoms. The molecule has 110 valence electrons. The zero-order chi connectivity index (χ0) is 13.8. The molecule has 0 unspecified atom stereocenters. The molecule has 2 atom stereocenters. The number of piperidine rings is 1. The Balaban J connectivity index is 1.54. The molecule has 20 heavy (non-hydrogen) atoms. The highest BCUT2D eigenvalue weighted by molar-refractivity contribution is 5.21. The summed E-state index contributed by atoms with van der Waals surface area (Å²) in [6, 6.07) is 10.5. The van der Waals surface area contributed by atoms with Gasteiger partial charge in [-0.15, -0.1) is 0 Å². The maximum atomic E-state index is 10.5. The second-order valence-corrected chi connectivity index (χ2v) is 6.19. The van der Waals surface area contributed by atoms with Crippen LogP contribution in [0.4, 0.5) is 0 Å². The van der Waals surface area contributed by atoms with E-state index in [9.17, 15) is 5.11 Å². The van der Waals surface area contributed by atoms with Gasteiger partial charge < -0.3 is 14.7 Å². The normalized spacial score (nSPS) is 29.4. The molecule has 0 amide bonds. The summed E-state index contributed by atoms with van der Waals surface area (Å²) in [7, 11) is 0. The van der Waals surface area contributed by atoms with Crippen LogP contribution < -0.4 is 0 Å². The number of nitrogens with zero attached hydrogens (tertiary/aromatic N) is 1. The molecule has 3 heteroatoms. The zero-order valence-electron chi connectivity index (χ0n) is 12.1. The first kappa shape index (κ1) is 14.1. The number of aliphatic hydroxyl groups excluding tert-OH is 1. The number of hydrogen-bond acceptors (Lipinski definition) is 3. The van der Waals surface area contributed by atoms with Crippen LogP contribution in [0.2, 0.25) is 0 Å². The molecule has 0 saturated carbocycles. The lowest BCUT2D eigenvalue weighted by molar-refractivity contribution is 0.0190. The van der Waals surface area contributed by atoms with Crippen molar-refractivity contribution >= 4 is 0 Å². The second-order valence-electron chi connectivity index (χ2n) is 6.19. The zero-order valence-corrected chi connectivity index (χ0v) is 12.1. The van der Waals surface area contributed by atoms with E-state index in [2.05, 4.69) is 29.2 Å². The first-order valence-corrected chi connectivity index (χ1v) is 7.86. The SMILES string of the molecule is O[C@@H]1CN(CC2CCOCC2)CC[C@H]1c1ccccc1. The summed E-state index contributed by atoms with van der Waals surface area (Å²) >= 11 is 0. The van der Waals surface area contributed by atoms with Gasteiger partial charge in [0.25, 0.3) is 0 Å². The van der Waals surface area contributed by atoms with Crippen molar-refractivity contribution < 1.29 is 9.84 Å². The van der Waals surface area contributed by atoms with Gasteiger partial charge in [0, 0.05) is 32.2 Å². The van der Waals surface area contributed by atoms with Crippen molar-refractivity contribution in [2.75, 3.05) is 32.8 Å². The molecule has 2 saturated heterocycles. The van der Waals surface area contributed by atoms with E-state index in [0.29, 0.717) is 5.92 Å². The van der Waals surface area contributed by atoms with Crippen molar-refractivity contribution in [1.29, 1.82) is 0 Å². The number of hydrogen-bond donors (Lipinski definition) is 1. The Morgan fingerprint density at radius 2 is 1.85 bits per heavy atom. The summed E-state index contributed by atoms with van der Waals surface area (Å²) in [5, 5.41) is 10.5. The van der Waals surface area contributed by atoms with E-state index < -0.39 is 0 Å². The third-order valence-corrected chi connectivity index (χ3v) is 4.75. The fraction of sp³-hybridized carbons (Fsp3) is 0.647. The molecule has 1 N–H and O–H groups in total. The minimum atomic E-state index is -0.231. The summed E-state index contributed by atoms with van der Waals surface area (Å²) in [4.78, 5) is 2.44. The summed E-state index contributed by atoms with van der Waals surface area (Å²) < 4.78 is 5.42. The first-order chi connectivity index (χ1) is 9.83. The number of ether oxygens (including phenoxy) is 1. The van der Waals surface area contributed by atoms with Crippen LogP contribution in [0.5, 0.6) is 0 Å². The number of β-amino-alcohol motifs (C(OH)–C–C–N with tert-alkyl or cyclic N) is 1. The molecule has 3 rings (SSSR count). The number of rotatable bonds is 3. The number of likely N-dealkylation sites (tertiary alicyclic amines) is 1. The van der Waals surface area contributed by atoms with Crippen molar-refractivity contribution in [1.82, 2.24) is 4.90 Å². The molecule has 2 heterocycles. The molecule has 3 nitrogen and oxygen atoms in total. The molecule has 0 bridgehead atoms. The maximum Gasteiger partial charge on any atom is 0.0735 e. The third kappa shape index (κ3) is 3.40. The predicted molar refractivity (Wildman–Crippen MR) is 79.8 cm³/mol. The van der Waals surface area contributed by atoms with E-state index in [1.54, 1.807) is 0 Å². The highest BCUT2D eigenvalue weighted by Gasteiger charge is 2.30. The van der Waals surface area contributed by atoms with Crippen LogP contribution >= 0.6 is 0 Å². The Morgan fingerprint density at radius 1 is 1.10 bits per heavy atom. The standard InChI is InChI=1S/C17H25NO2/c19-17-13-18(12-14-7-10-20-11-8-14)9-6-16(17)15-4-2-1-3-5-15/h1-5,14,16-17,19H,6-13H2/t16-,17+/m0/s1. The van der Waals surface area contributed by atoms with Crippen LogP contribution in [-0.2, 0) is 4.74 Å². The van der Waals surface area contributed by atoms with Gasteiger partial charge in [-0.1, -0.05) is 30.3 Å². The minimum Gasteiger partial charge on any atom is -0.391 e. The average molecular weight is 275 g/mol. The monoisotopic (exact) mass is 275 g/mol. The molecule has 1 aromatic rings. The largest absolute Gasteiger partial charge is 0.391 e. The number of benzene rings is 1. The second kappa shape index (κ2) is 6.70. The summed E-state index contributed by atoms with van der Waals surface area (Å²) in [5.41, 5.74) is 1.28. The van der Waals surface area contributed by atoms with Gasteiger partial charge in [-0.05, 0) is 37.3 Å². The molecule has 1 aromatic carbocycles. The van der Waals surface area contributed by atoms with Crippen LogP contribution in [0.25, 0.3) is 0 Å². The molecule has 2 fully saturated rings. The van der Waals surface area contributed by atoms with Crippen molar-refractivity contribution in [2.45, 2.75) is 31.3 Å². The van der Waals surface area contributed by atoms with Crippen LogP contribution in [0.1, 0.15) is 30.7 Å². The van der Waals surface area contributed by atoms with Crippen LogP contribution in [0.15, 0.2) is 30.3 Å². The molecule has 0 aromatic heterocycles. The van der Waals surface area contributed by atoms with Crippen LogP contribution in [0.3, 0.4) is 0 Å². The van der Waals surface area contributed by atoms with Gasteiger partial charge in [0.1, 0.15) is 0 Å². The van der Waals surface area contributed by atoms with Crippen molar-refractivity contribution in [3.05, 3.63) is 35.9 Å². The lowest BCUT2D eigenvalue weighted by Crippen LogP contribution is -2.45. The highest BCUT2D eigenvalue weighted by atomic mass is 16.5. The van der Waals surface area contributed by atoms with E-state index in [0.717, 1.165) is 45.2 Å². The van der Waals surface area contributed by atoms with E-state index in [4.69, 9.17) is 4.74 Å². The average Bonchev–Trinajstić information content (AvgIpc) is 2.49. The van der Waals surface area contributed by atoms with Crippen molar-refractivity contribution in [2.24, 2.45) is 5.92 Å². The minimum absolute atomic E-state index is 0.231. The van der Waals surface area contributed by atoms with Gasteiger partial charge in [-0.2, -0.15) is 0 Å². The Hall–Kier alpha value is -0.900. The summed E-state index contributed by atoms with van der Waals surface area (Å²) in [6.45, 7) is 4.87. The van der Waals surface area contributed by atoms with Crippen LogP contribution in [0, 0.1) is 5.92 Å². The Morgan fingerprint density at radius 3 is 2.55 bits per heavy atom. The fourth-order valence-electron chi connectivity index (χ4n) is 3.55. The molecule has 2 aliphatic rings.